The largest absolute Gasteiger partial charge is 0.380 e. The van der Waals surface area contributed by atoms with Gasteiger partial charge in [0.05, 0.1) is 18.0 Å². The lowest BCUT2D eigenvalue weighted by molar-refractivity contribution is 0.116. The van der Waals surface area contributed by atoms with Gasteiger partial charge in [-0.25, -0.2) is 0 Å². The number of hydrogen-bond donors (Lipinski definition) is 1. The van der Waals surface area contributed by atoms with Crippen LogP contribution < -0.4 is 0 Å². The highest BCUT2D eigenvalue weighted by molar-refractivity contribution is 7.71. The highest BCUT2D eigenvalue weighted by atomic mass is 32.1. The summed E-state index contributed by atoms with van der Waals surface area (Å²) in [5, 5.41) is 9.18. The standard InChI is InChI=1S/C13H19N3OS2/c1-10(2)5-7-17-8-6-16-12(14-15-13(16)18)11-4-3-9-19-11/h3-4,9-10H,5-8H2,1-2H3,(H,15,18). The Balaban J connectivity index is 1.93. The van der Waals surface area contributed by atoms with Crippen LogP contribution in [-0.4, -0.2) is 28.0 Å². The molecule has 0 unspecified atom stereocenters. The molecule has 0 spiro atoms. The minimum absolute atomic E-state index is 0.649. The Bertz CT molecular complexity index is 542. The smallest absolute Gasteiger partial charge is 0.195 e. The van der Waals surface area contributed by atoms with E-state index < -0.39 is 0 Å². The molecule has 2 rings (SSSR count). The maximum Gasteiger partial charge on any atom is 0.195 e. The molecule has 0 radical (unpaired) electrons. The lowest BCUT2D eigenvalue weighted by Gasteiger charge is -2.08. The Morgan fingerprint density at radius 2 is 2.32 bits per heavy atom. The van der Waals surface area contributed by atoms with Crippen LogP contribution in [0.3, 0.4) is 0 Å². The van der Waals surface area contributed by atoms with Gasteiger partial charge in [-0.2, -0.15) is 5.10 Å². The molecular weight excluding hydrogens is 278 g/mol. The molecule has 2 heterocycles. The van der Waals surface area contributed by atoms with Gasteiger partial charge in [-0.15, -0.1) is 11.3 Å². The van der Waals surface area contributed by atoms with E-state index in [1.807, 2.05) is 22.1 Å². The molecule has 1 N–H and O–H groups in total. The van der Waals surface area contributed by atoms with Crippen molar-refractivity contribution in [1.82, 2.24) is 14.8 Å². The molecule has 19 heavy (non-hydrogen) atoms. The highest BCUT2D eigenvalue weighted by Gasteiger charge is 2.09. The van der Waals surface area contributed by atoms with Crippen molar-refractivity contribution in [3.63, 3.8) is 0 Å². The number of thiophene rings is 1. The number of rotatable bonds is 7. The molecule has 0 aliphatic rings. The molecule has 0 amide bonds. The van der Waals surface area contributed by atoms with Crippen molar-refractivity contribution >= 4 is 23.6 Å². The number of hydrogen-bond acceptors (Lipinski definition) is 4. The number of nitrogens with one attached hydrogen (secondary N) is 1. The molecule has 0 saturated carbocycles. The Morgan fingerprint density at radius 1 is 1.47 bits per heavy atom. The molecule has 0 atom stereocenters. The van der Waals surface area contributed by atoms with Crippen LogP contribution in [0, 0.1) is 10.7 Å². The van der Waals surface area contributed by atoms with E-state index in [9.17, 15) is 0 Å². The first-order chi connectivity index (χ1) is 9.18. The monoisotopic (exact) mass is 297 g/mol. The summed E-state index contributed by atoms with van der Waals surface area (Å²) in [5.74, 6) is 1.57. The molecule has 0 saturated heterocycles. The Labute approximate surface area is 122 Å². The van der Waals surface area contributed by atoms with Gasteiger partial charge in [0, 0.05) is 6.61 Å². The van der Waals surface area contributed by atoms with E-state index in [1.165, 1.54) is 0 Å². The zero-order valence-corrected chi connectivity index (χ0v) is 12.9. The molecule has 0 aliphatic carbocycles. The van der Waals surface area contributed by atoms with Crippen LogP contribution in [0.4, 0.5) is 0 Å². The van der Waals surface area contributed by atoms with Crippen LogP contribution in [0.2, 0.25) is 0 Å². The zero-order chi connectivity index (χ0) is 13.7. The molecule has 6 heteroatoms. The summed E-state index contributed by atoms with van der Waals surface area (Å²) in [6, 6.07) is 4.06. The van der Waals surface area contributed by atoms with E-state index in [0.717, 1.165) is 30.3 Å². The minimum atomic E-state index is 0.649. The van der Waals surface area contributed by atoms with E-state index in [4.69, 9.17) is 17.0 Å². The quantitative estimate of drug-likeness (QED) is 0.625. The molecule has 2 aromatic rings. The lowest BCUT2D eigenvalue weighted by atomic mass is 10.1. The van der Waals surface area contributed by atoms with E-state index in [-0.39, 0.29) is 0 Å². The van der Waals surface area contributed by atoms with Crippen molar-refractivity contribution in [3.05, 3.63) is 22.3 Å². The van der Waals surface area contributed by atoms with Gasteiger partial charge in [0.15, 0.2) is 10.6 Å². The van der Waals surface area contributed by atoms with Crippen molar-refractivity contribution in [2.75, 3.05) is 13.2 Å². The van der Waals surface area contributed by atoms with Gasteiger partial charge in [-0.05, 0) is 36.0 Å². The summed E-state index contributed by atoms with van der Waals surface area (Å²) in [7, 11) is 0. The SMILES string of the molecule is CC(C)CCOCCn1c(-c2cccs2)n[nH]c1=S. The lowest BCUT2D eigenvalue weighted by Crippen LogP contribution is -2.09. The first-order valence-corrected chi connectivity index (χ1v) is 7.74. The van der Waals surface area contributed by atoms with Crippen molar-refractivity contribution in [1.29, 1.82) is 0 Å². The summed E-state index contributed by atoms with van der Waals surface area (Å²) in [5.41, 5.74) is 0. The van der Waals surface area contributed by atoms with Gasteiger partial charge in [0.25, 0.3) is 0 Å². The molecule has 4 nitrogen and oxygen atoms in total. The maximum absolute atomic E-state index is 5.64. The number of aromatic nitrogens is 3. The van der Waals surface area contributed by atoms with E-state index in [2.05, 4.69) is 24.0 Å². The van der Waals surface area contributed by atoms with Gasteiger partial charge >= 0.3 is 0 Å². The number of ether oxygens (including phenoxy) is 1. The minimum Gasteiger partial charge on any atom is -0.380 e. The van der Waals surface area contributed by atoms with Crippen LogP contribution in [0.15, 0.2) is 17.5 Å². The van der Waals surface area contributed by atoms with Gasteiger partial charge < -0.3 is 4.74 Å². The predicted molar refractivity (Wildman–Crippen MR) is 81.0 cm³/mol. The van der Waals surface area contributed by atoms with Crippen LogP contribution >= 0.6 is 23.6 Å². The fourth-order valence-electron chi connectivity index (χ4n) is 1.70. The summed E-state index contributed by atoms with van der Waals surface area (Å²) in [4.78, 5) is 1.12. The second-order valence-corrected chi connectivity index (χ2v) is 6.11. The third-order valence-corrected chi connectivity index (χ3v) is 3.98. The number of aromatic amines is 1. The normalized spacial score (nSPS) is 11.3. The molecule has 0 aliphatic heterocycles. The van der Waals surface area contributed by atoms with Crippen molar-refractivity contribution in [3.8, 4) is 10.7 Å². The van der Waals surface area contributed by atoms with Crippen molar-refractivity contribution < 1.29 is 4.74 Å². The molecule has 0 bridgehead atoms. The van der Waals surface area contributed by atoms with E-state index in [1.54, 1.807) is 11.3 Å². The second kappa shape index (κ2) is 6.98. The van der Waals surface area contributed by atoms with Crippen LogP contribution in [0.25, 0.3) is 10.7 Å². The van der Waals surface area contributed by atoms with Gasteiger partial charge in [-0.1, -0.05) is 19.9 Å². The summed E-state index contributed by atoms with van der Waals surface area (Å²) < 4.78 is 8.29. The molecule has 0 fully saturated rings. The molecule has 104 valence electrons. The number of nitrogens with zero attached hydrogens (tertiary/aromatic N) is 2. The molecular formula is C13H19N3OS2. The average molecular weight is 297 g/mol. The van der Waals surface area contributed by atoms with Crippen molar-refractivity contribution in [2.24, 2.45) is 5.92 Å². The third kappa shape index (κ3) is 3.99. The fourth-order valence-corrected chi connectivity index (χ4v) is 2.64. The Hall–Kier alpha value is -0.980. The summed E-state index contributed by atoms with van der Waals surface area (Å²) in [6.07, 6.45) is 1.09. The van der Waals surface area contributed by atoms with Crippen LogP contribution in [-0.2, 0) is 11.3 Å². The summed E-state index contributed by atoms with van der Waals surface area (Å²) >= 11 is 6.92. The van der Waals surface area contributed by atoms with Gasteiger partial charge in [0.2, 0.25) is 0 Å². The van der Waals surface area contributed by atoms with E-state index >= 15 is 0 Å². The highest BCUT2D eigenvalue weighted by Crippen LogP contribution is 2.22. The summed E-state index contributed by atoms with van der Waals surface area (Å²) in [6.45, 7) is 6.60. The maximum atomic E-state index is 5.64. The van der Waals surface area contributed by atoms with Crippen LogP contribution in [0.1, 0.15) is 20.3 Å². The van der Waals surface area contributed by atoms with Gasteiger partial charge in [0.1, 0.15) is 0 Å². The molecule has 0 aromatic carbocycles. The van der Waals surface area contributed by atoms with E-state index in [0.29, 0.717) is 17.3 Å². The topological polar surface area (TPSA) is 42.8 Å². The molecule has 2 aromatic heterocycles. The Kier molecular flexibility index (Phi) is 5.30. The van der Waals surface area contributed by atoms with Crippen molar-refractivity contribution in [2.45, 2.75) is 26.8 Å². The first kappa shape index (κ1) is 14.4. The fraction of sp³-hybridized carbons (Fsp3) is 0.538. The zero-order valence-electron chi connectivity index (χ0n) is 11.3. The number of H-pyrrole nitrogens is 1. The average Bonchev–Trinajstić information content (AvgIpc) is 2.98. The third-order valence-electron chi connectivity index (χ3n) is 2.80. The predicted octanol–water partition coefficient (Wildman–Crippen LogP) is 3.73. The van der Waals surface area contributed by atoms with Gasteiger partial charge in [-0.3, -0.25) is 9.67 Å². The Morgan fingerprint density at radius 3 is 3.00 bits per heavy atom. The second-order valence-electron chi connectivity index (χ2n) is 4.78. The first-order valence-electron chi connectivity index (χ1n) is 6.45. The van der Waals surface area contributed by atoms with Crippen LogP contribution in [0.5, 0.6) is 0 Å².